The Labute approximate surface area is 136 Å². The monoisotopic (exact) mass is 320 g/mol. The van der Waals surface area contributed by atoms with Crippen LogP contribution in [0.4, 0.5) is 0 Å². The summed E-state index contributed by atoms with van der Waals surface area (Å²) in [6.45, 7) is 0. The van der Waals surface area contributed by atoms with Gasteiger partial charge in [-0.1, -0.05) is 36.8 Å². The van der Waals surface area contributed by atoms with Gasteiger partial charge in [0.05, 0.1) is 11.7 Å². The standard InChI is InChI=1S/C17H24N2O2S/c18-17(21)14-9-4-10-15(14)19-16(20)12-22-11-5-8-13-6-2-1-3-7-13/h1-3,6-7,14-15H,4-5,8-12H2,(H2,18,21)(H,19,20)/t14-,15+/m0/s1. The highest BCUT2D eigenvalue weighted by molar-refractivity contribution is 7.99. The number of benzene rings is 1. The van der Waals surface area contributed by atoms with Crippen molar-refractivity contribution in [2.24, 2.45) is 11.7 Å². The Kier molecular flexibility index (Phi) is 6.77. The second kappa shape index (κ2) is 8.83. The predicted octanol–water partition coefficient (Wildman–Crippen LogP) is 2.12. The molecule has 0 bridgehead atoms. The molecule has 1 aromatic rings. The van der Waals surface area contributed by atoms with E-state index >= 15 is 0 Å². The minimum absolute atomic E-state index is 0.0165. The van der Waals surface area contributed by atoms with Crippen molar-refractivity contribution in [3.63, 3.8) is 0 Å². The first-order chi connectivity index (χ1) is 10.7. The molecule has 2 atom stereocenters. The van der Waals surface area contributed by atoms with Crippen LogP contribution in [0.1, 0.15) is 31.2 Å². The van der Waals surface area contributed by atoms with Crippen molar-refractivity contribution in [2.45, 2.75) is 38.1 Å². The van der Waals surface area contributed by atoms with Gasteiger partial charge in [-0.2, -0.15) is 11.8 Å². The molecule has 0 aromatic heterocycles. The van der Waals surface area contributed by atoms with Gasteiger partial charge in [0.1, 0.15) is 0 Å². The fraction of sp³-hybridized carbons (Fsp3) is 0.529. The van der Waals surface area contributed by atoms with Crippen LogP contribution in [0.5, 0.6) is 0 Å². The molecule has 5 heteroatoms. The molecule has 2 amide bonds. The number of thioether (sulfide) groups is 1. The molecule has 0 heterocycles. The largest absolute Gasteiger partial charge is 0.369 e. The number of hydrogen-bond acceptors (Lipinski definition) is 3. The number of carbonyl (C=O) groups is 2. The molecule has 1 aliphatic carbocycles. The van der Waals surface area contributed by atoms with Gasteiger partial charge in [0, 0.05) is 6.04 Å². The molecule has 1 aromatic carbocycles. The number of rotatable bonds is 8. The van der Waals surface area contributed by atoms with Gasteiger partial charge in [0.25, 0.3) is 0 Å². The van der Waals surface area contributed by atoms with Crippen LogP contribution in [0.15, 0.2) is 30.3 Å². The quantitative estimate of drug-likeness (QED) is 0.721. The Hall–Kier alpha value is -1.49. The lowest BCUT2D eigenvalue weighted by atomic mass is 10.0. The van der Waals surface area contributed by atoms with Crippen molar-refractivity contribution in [1.29, 1.82) is 0 Å². The molecule has 120 valence electrons. The van der Waals surface area contributed by atoms with Crippen LogP contribution in [0.25, 0.3) is 0 Å². The van der Waals surface area contributed by atoms with Crippen molar-refractivity contribution in [1.82, 2.24) is 5.32 Å². The van der Waals surface area contributed by atoms with E-state index in [-0.39, 0.29) is 23.8 Å². The molecule has 4 nitrogen and oxygen atoms in total. The summed E-state index contributed by atoms with van der Waals surface area (Å²) in [6, 6.07) is 10.3. The number of amides is 2. The van der Waals surface area contributed by atoms with Gasteiger partial charge in [-0.15, -0.1) is 0 Å². The molecule has 22 heavy (non-hydrogen) atoms. The lowest BCUT2D eigenvalue weighted by Gasteiger charge is -2.18. The summed E-state index contributed by atoms with van der Waals surface area (Å²) < 4.78 is 0. The molecule has 0 unspecified atom stereocenters. The van der Waals surface area contributed by atoms with Crippen LogP contribution in [0.2, 0.25) is 0 Å². The van der Waals surface area contributed by atoms with Crippen molar-refractivity contribution >= 4 is 23.6 Å². The van der Waals surface area contributed by atoms with Crippen molar-refractivity contribution in [3.8, 4) is 0 Å². The average Bonchev–Trinajstić information content (AvgIpc) is 2.96. The number of aryl methyl sites for hydroxylation is 1. The number of nitrogens with two attached hydrogens (primary N) is 1. The molecule has 3 N–H and O–H groups in total. The molecule has 1 fully saturated rings. The van der Waals surface area contributed by atoms with E-state index in [1.54, 1.807) is 11.8 Å². The summed E-state index contributed by atoms with van der Waals surface area (Å²) in [4.78, 5) is 23.2. The summed E-state index contributed by atoms with van der Waals surface area (Å²) in [5.41, 5.74) is 6.70. The molecule has 0 saturated heterocycles. The molecule has 1 saturated carbocycles. The Morgan fingerprint density at radius 1 is 1.23 bits per heavy atom. The molecular formula is C17H24N2O2S. The van der Waals surface area contributed by atoms with Gasteiger partial charge in [-0.3, -0.25) is 9.59 Å². The Morgan fingerprint density at radius 3 is 2.73 bits per heavy atom. The van der Waals surface area contributed by atoms with E-state index in [0.717, 1.165) is 37.9 Å². The summed E-state index contributed by atoms with van der Waals surface area (Å²) in [5, 5.41) is 2.96. The van der Waals surface area contributed by atoms with E-state index < -0.39 is 0 Å². The number of hydrogen-bond donors (Lipinski definition) is 2. The molecule has 1 aliphatic rings. The normalized spacial score (nSPS) is 20.7. The van der Waals surface area contributed by atoms with E-state index in [1.165, 1.54) is 5.56 Å². The van der Waals surface area contributed by atoms with Gasteiger partial charge in [-0.05, 0) is 37.0 Å². The zero-order valence-corrected chi connectivity index (χ0v) is 13.6. The highest BCUT2D eigenvalue weighted by Gasteiger charge is 2.32. The fourth-order valence-corrected chi connectivity index (χ4v) is 3.67. The van der Waals surface area contributed by atoms with Crippen molar-refractivity contribution < 1.29 is 9.59 Å². The first-order valence-corrected chi connectivity index (χ1v) is 9.02. The second-order valence-corrected chi connectivity index (χ2v) is 6.86. The summed E-state index contributed by atoms with van der Waals surface area (Å²) in [6.07, 6.45) is 4.72. The van der Waals surface area contributed by atoms with Gasteiger partial charge in [0.2, 0.25) is 11.8 Å². The lowest BCUT2D eigenvalue weighted by molar-refractivity contribution is -0.123. The molecular weight excluding hydrogens is 296 g/mol. The number of carbonyl (C=O) groups excluding carboxylic acids is 2. The number of nitrogens with one attached hydrogen (secondary N) is 1. The highest BCUT2D eigenvalue weighted by atomic mass is 32.2. The fourth-order valence-electron chi connectivity index (χ4n) is 2.91. The van der Waals surface area contributed by atoms with Crippen LogP contribution in [-0.2, 0) is 16.0 Å². The van der Waals surface area contributed by atoms with E-state index in [9.17, 15) is 9.59 Å². The van der Waals surface area contributed by atoms with Crippen molar-refractivity contribution in [2.75, 3.05) is 11.5 Å². The maximum Gasteiger partial charge on any atom is 0.230 e. The highest BCUT2D eigenvalue weighted by Crippen LogP contribution is 2.25. The zero-order chi connectivity index (χ0) is 15.8. The second-order valence-electron chi connectivity index (χ2n) is 5.76. The minimum Gasteiger partial charge on any atom is -0.369 e. The third-order valence-corrected chi connectivity index (χ3v) is 5.10. The number of primary amides is 1. The first-order valence-electron chi connectivity index (χ1n) is 7.87. The van der Waals surface area contributed by atoms with Crippen LogP contribution < -0.4 is 11.1 Å². The Morgan fingerprint density at radius 2 is 2.00 bits per heavy atom. The van der Waals surface area contributed by atoms with Crippen LogP contribution >= 0.6 is 11.8 Å². The van der Waals surface area contributed by atoms with E-state index in [0.29, 0.717) is 5.75 Å². The smallest absolute Gasteiger partial charge is 0.230 e. The first kappa shape index (κ1) is 16.9. The minimum atomic E-state index is -0.293. The van der Waals surface area contributed by atoms with E-state index in [2.05, 4.69) is 17.4 Å². The van der Waals surface area contributed by atoms with Crippen LogP contribution in [0, 0.1) is 5.92 Å². The van der Waals surface area contributed by atoms with Gasteiger partial charge in [-0.25, -0.2) is 0 Å². The van der Waals surface area contributed by atoms with Gasteiger partial charge < -0.3 is 11.1 Å². The van der Waals surface area contributed by atoms with Crippen LogP contribution in [-0.4, -0.2) is 29.4 Å². The maximum absolute atomic E-state index is 11.9. The zero-order valence-electron chi connectivity index (χ0n) is 12.8. The molecule has 2 rings (SSSR count). The summed E-state index contributed by atoms with van der Waals surface area (Å²) >= 11 is 1.65. The summed E-state index contributed by atoms with van der Waals surface area (Å²) in [7, 11) is 0. The average molecular weight is 320 g/mol. The van der Waals surface area contributed by atoms with Gasteiger partial charge >= 0.3 is 0 Å². The van der Waals surface area contributed by atoms with Gasteiger partial charge in [0.15, 0.2) is 0 Å². The predicted molar refractivity (Wildman–Crippen MR) is 90.6 cm³/mol. The molecule has 0 spiro atoms. The summed E-state index contributed by atoms with van der Waals surface area (Å²) in [5.74, 6) is 0.955. The van der Waals surface area contributed by atoms with Crippen LogP contribution in [0.3, 0.4) is 0 Å². The molecule has 0 aliphatic heterocycles. The topological polar surface area (TPSA) is 72.2 Å². The Balaban J connectivity index is 1.59. The molecule has 0 radical (unpaired) electrons. The lowest BCUT2D eigenvalue weighted by Crippen LogP contribution is -2.43. The SMILES string of the molecule is NC(=O)[C@H]1CCC[C@H]1NC(=O)CSCCCc1ccccc1. The third kappa shape index (κ3) is 5.37. The Bertz CT molecular complexity index is 493. The van der Waals surface area contributed by atoms with Crippen molar-refractivity contribution in [3.05, 3.63) is 35.9 Å². The maximum atomic E-state index is 11.9. The van der Waals surface area contributed by atoms with E-state index in [4.69, 9.17) is 5.73 Å². The third-order valence-electron chi connectivity index (χ3n) is 4.06. The van der Waals surface area contributed by atoms with E-state index in [1.807, 2.05) is 18.2 Å².